The Morgan fingerprint density at radius 2 is 1.67 bits per heavy atom. The monoisotopic (exact) mass is 247 g/mol. The minimum atomic E-state index is 0.314. The van der Waals surface area contributed by atoms with Crippen molar-refractivity contribution in [1.29, 1.82) is 0 Å². The van der Waals surface area contributed by atoms with E-state index in [-0.39, 0.29) is 0 Å². The van der Waals surface area contributed by atoms with Crippen LogP contribution in [0.25, 0.3) is 0 Å². The molecule has 0 atom stereocenters. The van der Waals surface area contributed by atoms with Crippen molar-refractivity contribution in [3.8, 4) is 0 Å². The minimum Gasteiger partial charge on any atom is -0.378 e. The molecule has 0 aromatic heterocycles. The van der Waals surface area contributed by atoms with Crippen molar-refractivity contribution in [3.63, 3.8) is 0 Å². The number of nitrogens with one attached hydrogen (secondary N) is 1. The Morgan fingerprint density at radius 3 is 2.39 bits per heavy atom. The van der Waals surface area contributed by atoms with Crippen LogP contribution in [0, 0.1) is 0 Å². The van der Waals surface area contributed by atoms with Crippen LogP contribution in [0.1, 0.15) is 51.9 Å². The van der Waals surface area contributed by atoms with E-state index in [1.807, 2.05) is 30.3 Å². The summed E-state index contributed by atoms with van der Waals surface area (Å²) in [6.07, 6.45) is 8.13. The third-order valence-electron chi connectivity index (χ3n) is 3.07. The number of anilines is 1. The molecule has 18 heavy (non-hydrogen) atoms. The van der Waals surface area contributed by atoms with Crippen LogP contribution in [0.4, 0.5) is 5.69 Å². The quantitative estimate of drug-likeness (QED) is 0.620. The highest BCUT2D eigenvalue weighted by molar-refractivity contribution is 5.82. The lowest BCUT2D eigenvalue weighted by Crippen LogP contribution is -2.13. The van der Waals surface area contributed by atoms with Crippen LogP contribution in [0.2, 0.25) is 0 Å². The summed E-state index contributed by atoms with van der Waals surface area (Å²) in [5, 5.41) is 3.16. The molecule has 1 aromatic rings. The molecule has 0 amide bonds. The molecular weight excluding hydrogens is 222 g/mol. The molecule has 0 fully saturated rings. The molecule has 2 nitrogen and oxygen atoms in total. The van der Waals surface area contributed by atoms with Gasteiger partial charge in [-0.3, -0.25) is 4.79 Å². The lowest BCUT2D eigenvalue weighted by molar-refractivity contribution is -0.117. The van der Waals surface area contributed by atoms with E-state index in [1.165, 1.54) is 32.1 Å². The summed E-state index contributed by atoms with van der Waals surface area (Å²) in [6, 6.07) is 9.89. The summed E-state index contributed by atoms with van der Waals surface area (Å²) in [4.78, 5) is 11.6. The maximum absolute atomic E-state index is 11.6. The number of ketones is 1. The smallest absolute Gasteiger partial charge is 0.151 e. The molecule has 0 unspecified atom stereocenters. The van der Waals surface area contributed by atoms with E-state index in [4.69, 9.17) is 0 Å². The normalized spacial score (nSPS) is 10.3. The Bertz CT molecular complexity index is 321. The molecule has 1 rings (SSSR count). The van der Waals surface area contributed by atoms with Crippen LogP contribution in [0.15, 0.2) is 30.3 Å². The second kappa shape index (κ2) is 9.69. The van der Waals surface area contributed by atoms with Gasteiger partial charge in [0.2, 0.25) is 0 Å². The molecule has 0 aliphatic rings. The SMILES string of the molecule is CCCCCCCCC(=O)CNc1ccccc1. The fourth-order valence-corrected chi connectivity index (χ4v) is 1.95. The van der Waals surface area contributed by atoms with Gasteiger partial charge in [0.05, 0.1) is 6.54 Å². The molecule has 0 saturated heterocycles. The van der Waals surface area contributed by atoms with Crippen LogP contribution in [0.3, 0.4) is 0 Å². The van der Waals surface area contributed by atoms with Gasteiger partial charge in [-0.05, 0) is 18.6 Å². The standard InChI is InChI=1S/C16H25NO/c1-2-3-4-5-6-10-13-16(18)14-17-15-11-8-7-9-12-15/h7-9,11-12,17H,2-6,10,13-14H2,1H3. The van der Waals surface area contributed by atoms with Gasteiger partial charge in [-0.15, -0.1) is 0 Å². The van der Waals surface area contributed by atoms with Crippen molar-refractivity contribution in [2.75, 3.05) is 11.9 Å². The summed E-state index contributed by atoms with van der Waals surface area (Å²) in [6.45, 7) is 2.68. The van der Waals surface area contributed by atoms with Crippen molar-refractivity contribution in [1.82, 2.24) is 0 Å². The summed E-state index contributed by atoms with van der Waals surface area (Å²) < 4.78 is 0. The Labute approximate surface area is 111 Å². The third-order valence-corrected chi connectivity index (χ3v) is 3.07. The fraction of sp³-hybridized carbons (Fsp3) is 0.562. The summed E-state index contributed by atoms with van der Waals surface area (Å²) in [5.41, 5.74) is 1.02. The van der Waals surface area contributed by atoms with Crippen LogP contribution in [-0.2, 0) is 4.79 Å². The van der Waals surface area contributed by atoms with E-state index in [0.717, 1.165) is 12.1 Å². The molecule has 0 aliphatic carbocycles. The molecule has 1 N–H and O–H groups in total. The molecule has 1 aromatic carbocycles. The second-order valence-electron chi connectivity index (χ2n) is 4.78. The van der Waals surface area contributed by atoms with Gasteiger partial charge in [-0.25, -0.2) is 0 Å². The summed E-state index contributed by atoms with van der Waals surface area (Å²) >= 11 is 0. The maximum atomic E-state index is 11.6. The predicted octanol–water partition coefficient (Wildman–Crippen LogP) is 4.42. The van der Waals surface area contributed by atoms with Crippen molar-refractivity contribution >= 4 is 11.5 Å². The van der Waals surface area contributed by atoms with Gasteiger partial charge in [0.25, 0.3) is 0 Å². The molecule has 2 heteroatoms. The fourth-order valence-electron chi connectivity index (χ4n) is 1.95. The van der Waals surface area contributed by atoms with Gasteiger partial charge >= 0.3 is 0 Å². The first-order chi connectivity index (χ1) is 8.83. The number of benzene rings is 1. The third kappa shape index (κ3) is 7.10. The topological polar surface area (TPSA) is 29.1 Å². The van der Waals surface area contributed by atoms with E-state index in [0.29, 0.717) is 18.7 Å². The lowest BCUT2D eigenvalue weighted by Gasteiger charge is -2.05. The highest BCUT2D eigenvalue weighted by Crippen LogP contribution is 2.08. The van der Waals surface area contributed by atoms with E-state index in [1.54, 1.807) is 0 Å². The molecule has 0 saturated carbocycles. The summed E-state index contributed by atoms with van der Waals surface area (Å²) in [5.74, 6) is 0.314. The highest BCUT2D eigenvalue weighted by Gasteiger charge is 2.01. The largest absolute Gasteiger partial charge is 0.378 e. The van der Waals surface area contributed by atoms with E-state index >= 15 is 0 Å². The number of para-hydroxylation sites is 1. The van der Waals surface area contributed by atoms with Crippen LogP contribution >= 0.6 is 0 Å². The highest BCUT2D eigenvalue weighted by atomic mass is 16.1. The average molecular weight is 247 g/mol. The molecule has 0 heterocycles. The van der Waals surface area contributed by atoms with Crippen LogP contribution in [-0.4, -0.2) is 12.3 Å². The van der Waals surface area contributed by atoms with Crippen LogP contribution in [0.5, 0.6) is 0 Å². The Kier molecular flexibility index (Phi) is 7.94. The van der Waals surface area contributed by atoms with E-state index in [2.05, 4.69) is 12.2 Å². The van der Waals surface area contributed by atoms with Gasteiger partial charge in [0, 0.05) is 12.1 Å². The zero-order chi connectivity index (χ0) is 13.1. The minimum absolute atomic E-state index is 0.314. The van der Waals surface area contributed by atoms with Crippen LogP contribution < -0.4 is 5.32 Å². The number of hydrogen-bond acceptors (Lipinski definition) is 2. The zero-order valence-corrected chi connectivity index (χ0v) is 11.5. The first-order valence-corrected chi connectivity index (χ1v) is 7.13. The Balaban J connectivity index is 2.01. The molecule has 100 valence electrons. The second-order valence-corrected chi connectivity index (χ2v) is 4.78. The first-order valence-electron chi connectivity index (χ1n) is 7.13. The molecule has 0 bridgehead atoms. The first kappa shape index (κ1) is 14.7. The average Bonchev–Trinajstić information content (AvgIpc) is 2.41. The number of carbonyl (C=O) groups is 1. The van der Waals surface area contributed by atoms with Crippen molar-refractivity contribution in [2.24, 2.45) is 0 Å². The van der Waals surface area contributed by atoms with Crippen molar-refractivity contribution < 1.29 is 4.79 Å². The number of rotatable bonds is 10. The van der Waals surface area contributed by atoms with Gasteiger partial charge in [-0.1, -0.05) is 57.2 Å². The molecular formula is C16H25NO. The molecule has 0 aliphatic heterocycles. The van der Waals surface area contributed by atoms with Gasteiger partial charge in [-0.2, -0.15) is 0 Å². The predicted molar refractivity (Wildman–Crippen MR) is 77.9 cm³/mol. The number of Topliss-reactive ketones (excluding diaryl/α,β-unsaturated/α-hetero) is 1. The lowest BCUT2D eigenvalue weighted by atomic mass is 10.1. The molecule has 0 spiro atoms. The summed E-state index contributed by atoms with van der Waals surface area (Å²) in [7, 11) is 0. The Morgan fingerprint density at radius 1 is 1.00 bits per heavy atom. The number of unbranched alkanes of at least 4 members (excludes halogenated alkanes) is 5. The van der Waals surface area contributed by atoms with Gasteiger partial charge in [0.1, 0.15) is 0 Å². The molecule has 0 radical (unpaired) electrons. The van der Waals surface area contributed by atoms with Gasteiger partial charge in [0.15, 0.2) is 5.78 Å². The number of carbonyl (C=O) groups excluding carboxylic acids is 1. The van der Waals surface area contributed by atoms with Gasteiger partial charge < -0.3 is 5.32 Å². The maximum Gasteiger partial charge on any atom is 0.151 e. The Hall–Kier alpha value is -1.31. The number of hydrogen-bond donors (Lipinski definition) is 1. The van der Waals surface area contributed by atoms with Crippen molar-refractivity contribution in [3.05, 3.63) is 30.3 Å². The van der Waals surface area contributed by atoms with E-state index < -0.39 is 0 Å². The van der Waals surface area contributed by atoms with Crippen molar-refractivity contribution in [2.45, 2.75) is 51.9 Å². The zero-order valence-electron chi connectivity index (χ0n) is 11.5. The van der Waals surface area contributed by atoms with E-state index in [9.17, 15) is 4.79 Å².